The molecule has 6 heteroatoms. The Morgan fingerprint density at radius 3 is 2.77 bits per heavy atom. The molecule has 0 saturated heterocycles. The quantitative estimate of drug-likeness (QED) is 0.591. The molecule has 0 N–H and O–H groups in total. The molecule has 1 aromatic carbocycles. The van der Waals surface area contributed by atoms with Crippen LogP contribution in [0.5, 0.6) is 0 Å². The van der Waals surface area contributed by atoms with Crippen LogP contribution in [0.15, 0.2) is 40.7 Å². The molecule has 1 aromatic rings. The van der Waals surface area contributed by atoms with E-state index in [4.69, 9.17) is 4.74 Å². The third kappa shape index (κ3) is 2.42. The highest BCUT2D eigenvalue weighted by Gasteiger charge is 2.44. The van der Waals surface area contributed by atoms with Crippen molar-refractivity contribution >= 4 is 30.1 Å². The normalized spacial score (nSPS) is 17.3. The van der Waals surface area contributed by atoms with Crippen molar-refractivity contribution in [1.29, 1.82) is 0 Å². The molecule has 0 aromatic heterocycles. The number of carbonyl (C=O) groups is 2. The Morgan fingerprint density at radius 2 is 2.09 bits per heavy atom. The van der Waals surface area contributed by atoms with E-state index in [1.807, 2.05) is 49.9 Å². The molecule has 3 rings (SSSR count). The topological polar surface area (TPSA) is 64.9 Å². The van der Waals surface area contributed by atoms with Gasteiger partial charge in [0, 0.05) is 6.07 Å². The van der Waals surface area contributed by atoms with Gasteiger partial charge in [0.1, 0.15) is 17.8 Å². The minimum atomic E-state index is -0.586. The summed E-state index contributed by atoms with van der Waals surface area (Å²) in [5, 5.41) is 0. The lowest BCUT2D eigenvalue weighted by molar-refractivity contribution is -0.105. The number of fused-ring (bicyclic) bond motifs is 3. The zero-order chi connectivity index (χ0) is 15.9. The fourth-order valence-electron chi connectivity index (χ4n) is 2.46. The molecule has 113 valence electrons. The highest BCUT2D eigenvalue weighted by Crippen LogP contribution is 2.38. The summed E-state index contributed by atoms with van der Waals surface area (Å²) in [5.41, 5.74) is 1.97. The number of aliphatic imine (C=N–C) groups is 1. The van der Waals surface area contributed by atoms with Crippen LogP contribution in [0.3, 0.4) is 0 Å². The van der Waals surface area contributed by atoms with Crippen molar-refractivity contribution in [2.45, 2.75) is 26.4 Å². The Morgan fingerprint density at radius 1 is 1.36 bits per heavy atom. The molecule has 0 atom stereocenters. The number of amides is 1. The van der Waals surface area contributed by atoms with Gasteiger partial charge in [0.15, 0.2) is 12.0 Å². The fourth-order valence-corrected chi connectivity index (χ4v) is 2.46. The maximum Gasteiger partial charge on any atom is 0.415 e. The van der Waals surface area contributed by atoms with Crippen LogP contribution in [0.2, 0.25) is 0 Å². The summed E-state index contributed by atoms with van der Waals surface area (Å²) in [6.07, 6.45) is 1.86. The van der Waals surface area contributed by atoms with Gasteiger partial charge in [-0.15, -0.1) is 0 Å². The minimum absolute atomic E-state index is 0.250. The number of carbonyl (C=O) groups excluding carboxylic acids is 2. The summed E-state index contributed by atoms with van der Waals surface area (Å²) >= 11 is 0. The predicted molar refractivity (Wildman–Crippen MR) is 83.4 cm³/mol. The zero-order valence-electron chi connectivity index (χ0n) is 12.7. The molecule has 2 aliphatic heterocycles. The number of hydrogen-bond acceptors (Lipinski definition) is 5. The first-order chi connectivity index (χ1) is 10.4. The molecule has 1 radical (unpaired) electrons. The van der Waals surface area contributed by atoms with Crippen LogP contribution in [0, 0.1) is 0 Å². The second-order valence-electron chi connectivity index (χ2n) is 6.12. The maximum atomic E-state index is 12.5. The molecule has 2 aliphatic rings. The largest absolute Gasteiger partial charge is 0.443 e. The third-order valence-corrected chi connectivity index (χ3v) is 3.36. The van der Waals surface area contributed by atoms with Gasteiger partial charge in [0.25, 0.3) is 6.34 Å². The van der Waals surface area contributed by atoms with Gasteiger partial charge in [-0.25, -0.2) is 4.79 Å². The summed E-state index contributed by atoms with van der Waals surface area (Å²) in [6.45, 7) is 5.71. The lowest BCUT2D eigenvalue weighted by Gasteiger charge is -2.30. The summed E-state index contributed by atoms with van der Waals surface area (Å²) in [6, 6.07) is 7.47. The van der Waals surface area contributed by atoms with E-state index < -0.39 is 11.7 Å². The molecule has 0 fully saturated rings. The van der Waals surface area contributed by atoms with Gasteiger partial charge >= 0.3 is 6.09 Å². The number of hydrogen-bond donors (Lipinski definition) is 0. The van der Waals surface area contributed by atoms with Gasteiger partial charge < -0.3 is 4.74 Å². The molecule has 0 spiro atoms. The van der Waals surface area contributed by atoms with Gasteiger partial charge in [0.05, 0.1) is 0 Å². The van der Waals surface area contributed by atoms with Gasteiger partial charge in [-0.1, -0.05) is 12.1 Å². The van der Waals surface area contributed by atoms with Gasteiger partial charge in [-0.3, -0.25) is 9.69 Å². The maximum absolute atomic E-state index is 12.5. The van der Waals surface area contributed by atoms with E-state index in [9.17, 15) is 9.59 Å². The fraction of sp³-hybridized carbons (Fsp3) is 0.312. The summed E-state index contributed by atoms with van der Waals surface area (Å²) in [5.74, 6) is 0. The van der Waals surface area contributed by atoms with Crippen molar-refractivity contribution in [3.05, 3.63) is 35.7 Å². The van der Waals surface area contributed by atoms with Gasteiger partial charge in [0.2, 0.25) is 11.4 Å². The number of nitrogens with zero attached hydrogens (tertiary/aromatic N) is 3. The summed E-state index contributed by atoms with van der Waals surface area (Å²) < 4.78 is 5.47. The Kier molecular flexibility index (Phi) is 3.33. The summed E-state index contributed by atoms with van der Waals surface area (Å²) in [4.78, 5) is 31.1. The lowest BCUT2D eigenvalue weighted by Crippen LogP contribution is -2.44. The first kappa shape index (κ1) is 14.5. The standard InChI is InChI=1S/C16H17N3O3/c1-16(2,3)22-15(21)18-8-14-11(9-20)17-10-19(14)13-7-5-4-6-12(13)18/h4-7,9-10H,8H2,1-3H3/q+1. The molecular weight excluding hydrogens is 282 g/mol. The van der Waals surface area contributed by atoms with Crippen LogP contribution in [-0.2, 0) is 9.53 Å². The average molecular weight is 299 g/mol. The zero-order valence-corrected chi connectivity index (χ0v) is 12.7. The van der Waals surface area contributed by atoms with Crippen molar-refractivity contribution < 1.29 is 14.3 Å². The monoisotopic (exact) mass is 299 g/mol. The first-order valence-electron chi connectivity index (χ1n) is 7.02. The Labute approximate surface area is 128 Å². The molecule has 0 saturated carbocycles. The van der Waals surface area contributed by atoms with Crippen LogP contribution in [0.1, 0.15) is 20.8 Å². The highest BCUT2D eigenvalue weighted by molar-refractivity contribution is 5.99. The van der Waals surface area contributed by atoms with Gasteiger partial charge in [-0.2, -0.15) is 4.99 Å². The number of ether oxygens (including phenoxy) is 1. The Balaban J connectivity index is 2.04. The van der Waals surface area contributed by atoms with Crippen molar-refractivity contribution in [3.63, 3.8) is 0 Å². The predicted octanol–water partition coefficient (Wildman–Crippen LogP) is 2.67. The molecule has 6 nitrogen and oxygen atoms in total. The Bertz CT molecular complexity index is 701. The van der Waals surface area contributed by atoms with Crippen molar-refractivity contribution in [3.8, 4) is 0 Å². The van der Waals surface area contributed by atoms with Crippen LogP contribution in [0.25, 0.3) is 0 Å². The summed E-state index contributed by atoms with van der Waals surface area (Å²) in [7, 11) is 0. The number of allylic oxidation sites excluding steroid dienone is 1. The van der Waals surface area contributed by atoms with E-state index in [0.29, 0.717) is 17.7 Å². The second kappa shape index (κ2) is 5.06. The van der Waals surface area contributed by atoms with E-state index in [2.05, 4.69) is 4.99 Å². The molecule has 2 heterocycles. The van der Waals surface area contributed by atoms with E-state index >= 15 is 0 Å². The smallest absolute Gasteiger partial charge is 0.415 e. The van der Waals surface area contributed by atoms with Crippen molar-refractivity contribution in [1.82, 2.24) is 4.90 Å². The third-order valence-electron chi connectivity index (χ3n) is 3.36. The molecule has 22 heavy (non-hydrogen) atoms. The van der Waals surface area contributed by atoms with E-state index in [-0.39, 0.29) is 6.54 Å². The SMILES string of the molecule is CC(C)(C)OC(=O)N1CC2=C(C=O)N=C[N+]2c2ccccc21. The van der Waals surface area contributed by atoms with Gasteiger partial charge in [-0.05, 0) is 31.7 Å². The number of aldehydes is 1. The first-order valence-corrected chi connectivity index (χ1v) is 7.02. The molecule has 0 aliphatic carbocycles. The molecule has 0 bridgehead atoms. The average Bonchev–Trinajstić information content (AvgIpc) is 2.87. The number of para-hydroxylation sites is 2. The second-order valence-corrected chi connectivity index (χ2v) is 6.12. The lowest BCUT2D eigenvalue weighted by atomic mass is 10.1. The van der Waals surface area contributed by atoms with E-state index in [1.165, 1.54) is 4.90 Å². The number of benzene rings is 1. The highest BCUT2D eigenvalue weighted by atomic mass is 16.6. The number of rotatable bonds is 1. The molecule has 0 unspecified atom stereocenters. The van der Waals surface area contributed by atoms with Crippen LogP contribution < -0.4 is 9.80 Å². The van der Waals surface area contributed by atoms with Crippen molar-refractivity contribution in [2.75, 3.05) is 11.4 Å². The van der Waals surface area contributed by atoms with Crippen molar-refractivity contribution in [2.24, 2.45) is 4.99 Å². The minimum Gasteiger partial charge on any atom is -0.443 e. The van der Waals surface area contributed by atoms with E-state index in [1.54, 1.807) is 6.34 Å². The van der Waals surface area contributed by atoms with E-state index in [0.717, 1.165) is 11.4 Å². The Hall–Kier alpha value is -2.47. The van der Waals surface area contributed by atoms with Crippen LogP contribution >= 0.6 is 0 Å². The number of anilines is 2. The van der Waals surface area contributed by atoms with Crippen LogP contribution in [-0.4, -0.2) is 30.9 Å². The molecule has 1 amide bonds. The van der Waals surface area contributed by atoms with Crippen LogP contribution in [0.4, 0.5) is 16.2 Å². The molecular formula is C16H17N3O3+.